The SMILES string of the molecule is CC(C)C(F)(C(=O)CS(=O)(=O)c1cc(F)cc(F)c1)c1ccc(-c2ccc3cccc(F)c3c2)[nH]c1=O. The molecule has 37 heavy (non-hydrogen) atoms. The standard InChI is InChI=1S/C27H21F4NO4S/c1-15(2)27(31,25(33)14-37(35,36)20-12-18(28)11-19(29)13-20)22-8-9-24(32-26(22)34)17-7-6-16-4-3-5-23(30)21(16)10-17/h3-13,15H,14H2,1-2H3,(H,32,34). The topological polar surface area (TPSA) is 84.1 Å². The molecule has 5 nitrogen and oxygen atoms in total. The molecule has 0 saturated heterocycles. The summed E-state index contributed by atoms with van der Waals surface area (Å²) in [5.41, 5.74) is -3.98. The Balaban J connectivity index is 1.72. The fourth-order valence-electron chi connectivity index (χ4n) is 4.18. The van der Waals surface area contributed by atoms with Crippen LogP contribution in [0.3, 0.4) is 0 Å². The van der Waals surface area contributed by atoms with Gasteiger partial charge in [0.15, 0.2) is 15.6 Å². The molecule has 0 saturated carbocycles. The second-order valence-electron chi connectivity index (χ2n) is 8.94. The molecule has 1 aromatic heterocycles. The van der Waals surface area contributed by atoms with Crippen LogP contribution in [0.1, 0.15) is 19.4 Å². The lowest BCUT2D eigenvalue weighted by molar-refractivity contribution is -0.131. The highest BCUT2D eigenvalue weighted by Gasteiger charge is 2.47. The Morgan fingerprint density at radius 2 is 1.62 bits per heavy atom. The van der Waals surface area contributed by atoms with Gasteiger partial charge in [0.1, 0.15) is 23.2 Å². The summed E-state index contributed by atoms with van der Waals surface area (Å²) in [5, 5.41) is 0.941. The van der Waals surface area contributed by atoms with Crippen LogP contribution in [-0.2, 0) is 20.3 Å². The summed E-state index contributed by atoms with van der Waals surface area (Å²) in [6, 6.07) is 13.3. The summed E-state index contributed by atoms with van der Waals surface area (Å²) < 4.78 is 82.9. The minimum atomic E-state index is -4.64. The van der Waals surface area contributed by atoms with E-state index in [1.54, 1.807) is 24.3 Å². The molecule has 0 fully saturated rings. The third-order valence-electron chi connectivity index (χ3n) is 6.16. The third kappa shape index (κ3) is 4.93. The van der Waals surface area contributed by atoms with Crippen molar-refractivity contribution < 1.29 is 30.8 Å². The van der Waals surface area contributed by atoms with Gasteiger partial charge in [-0.2, -0.15) is 0 Å². The van der Waals surface area contributed by atoms with Crippen molar-refractivity contribution in [3.63, 3.8) is 0 Å². The Morgan fingerprint density at radius 1 is 0.946 bits per heavy atom. The van der Waals surface area contributed by atoms with Gasteiger partial charge in [-0.1, -0.05) is 38.1 Å². The molecule has 0 spiro atoms. The number of Topliss-reactive ketones (excluding diaryl/α,β-unsaturated/α-hetero) is 1. The number of ketones is 1. The van der Waals surface area contributed by atoms with E-state index in [-0.39, 0.29) is 5.69 Å². The molecule has 0 amide bonds. The van der Waals surface area contributed by atoms with Crippen molar-refractivity contribution in [2.75, 3.05) is 5.75 Å². The highest BCUT2D eigenvalue weighted by molar-refractivity contribution is 7.92. The zero-order valence-corrected chi connectivity index (χ0v) is 20.5. The third-order valence-corrected chi connectivity index (χ3v) is 7.76. The zero-order chi connectivity index (χ0) is 27.1. The molecular weight excluding hydrogens is 510 g/mol. The second-order valence-corrected chi connectivity index (χ2v) is 10.9. The monoisotopic (exact) mass is 531 g/mol. The Bertz CT molecular complexity index is 1680. The predicted octanol–water partition coefficient (Wildman–Crippen LogP) is 5.48. The van der Waals surface area contributed by atoms with Gasteiger partial charge in [-0.05, 0) is 53.3 Å². The van der Waals surface area contributed by atoms with Gasteiger partial charge in [-0.15, -0.1) is 0 Å². The lowest BCUT2D eigenvalue weighted by Crippen LogP contribution is -2.44. The molecule has 0 aliphatic carbocycles. The number of pyridine rings is 1. The number of benzene rings is 3. The summed E-state index contributed by atoms with van der Waals surface area (Å²) in [6.07, 6.45) is 0. The molecule has 0 bridgehead atoms. The van der Waals surface area contributed by atoms with E-state index in [0.29, 0.717) is 34.5 Å². The Hall–Kier alpha value is -3.79. The van der Waals surface area contributed by atoms with E-state index < -0.39 is 66.4 Å². The molecule has 0 radical (unpaired) electrons. The first-order chi connectivity index (χ1) is 17.3. The summed E-state index contributed by atoms with van der Waals surface area (Å²) in [4.78, 5) is 27.6. The average molecular weight is 532 g/mol. The summed E-state index contributed by atoms with van der Waals surface area (Å²) in [6.45, 7) is 2.59. The van der Waals surface area contributed by atoms with Crippen molar-refractivity contribution in [3.8, 4) is 11.3 Å². The molecule has 1 unspecified atom stereocenters. The van der Waals surface area contributed by atoms with Crippen molar-refractivity contribution in [2.24, 2.45) is 5.92 Å². The Kier molecular flexibility index (Phi) is 6.81. The molecule has 1 atom stereocenters. The van der Waals surface area contributed by atoms with Crippen LogP contribution in [0.15, 0.2) is 76.4 Å². The molecule has 10 heteroatoms. The van der Waals surface area contributed by atoms with E-state index >= 15 is 4.39 Å². The number of fused-ring (bicyclic) bond motifs is 1. The van der Waals surface area contributed by atoms with E-state index in [2.05, 4.69) is 4.98 Å². The van der Waals surface area contributed by atoms with Gasteiger partial charge in [-0.3, -0.25) is 9.59 Å². The normalized spacial score (nSPS) is 13.6. The molecule has 1 heterocycles. The highest BCUT2D eigenvalue weighted by Crippen LogP contribution is 2.35. The number of sulfone groups is 1. The number of hydrogen-bond acceptors (Lipinski definition) is 4. The molecule has 4 aromatic rings. The summed E-state index contributed by atoms with van der Waals surface area (Å²) >= 11 is 0. The number of rotatable bonds is 7. The Morgan fingerprint density at radius 3 is 2.24 bits per heavy atom. The molecule has 4 rings (SSSR count). The molecule has 0 aliphatic rings. The van der Waals surface area contributed by atoms with Gasteiger partial charge in [0, 0.05) is 17.1 Å². The fraction of sp³-hybridized carbons (Fsp3) is 0.185. The number of nitrogens with one attached hydrogen (secondary N) is 1. The van der Waals surface area contributed by atoms with Crippen molar-refractivity contribution in [3.05, 3.63) is 100 Å². The second kappa shape index (κ2) is 9.59. The number of carbonyl (C=O) groups is 1. The van der Waals surface area contributed by atoms with Gasteiger partial charge < -0.3 is 4.98 Å². The van der Waals surface area contributed by atoms with Gasteiger partial charge in [-0.25, -0.2) is 26.0 Å². The van der Waals surface area contributed by atoms with Crippen LogP contribution < -0.4 is 5.56 Å². The molecule has 1 N–H and O–H groups in total. The maximum absolute atomic E-state index is 16.3. The number of alkyl halides is 1. The fourth-order valence-corrected chi connectivity index (χ4v) is 5.49. The minimum absolute atomic E-state index is 0.223. The smallest absolute Gasteiger partial charge is 0.255 e. The number of carbonyl (C=O) groups excluding carboxylic acids is 1. The zero-order valence-electron chi connectivity index (χ0n) is 19.7. The van der Waals surface area contributed by atoms with Crippen molar-refractivity contribution in [1.29, 1.82) is 0 Å². The maximum atomic E-state index is 16.3. The molecule has 0 aliphatic heterocycles. The van der Waals surface area contributed by atoms with Crippen LogP contribution in [0.2, 0.25) is 0 Å². The Labute approximate surface area is 209 Å². The molecule has 192 valence electrons. The number of hydrogen-bond donors (Lipinski definition) is 1. The van der Waals surface area contributed by atoms with Crippen molar-refractivity contribution in [2.45, 2.75) is 24.4 Å². The predicted molar refractivity (Wildman–Crippen MR) is 131 cm³/mol. The van der Waals surface area contributed by atoms with Gasteiger partial charge in [0.05, 0.1) is 10.5 Å². The molecule has 3 aromatic carbocycles. The lowest BCUT2D eigenvalue weighted by Gasteiger charge is -2.27. The van der Waals surface area contributed by atoms with E-state index in [1.807, 2.05) is 0 Å². The van der Waals surface area contributed by atoms with Crippen LogP contribution in [0.4, 0.5) is 17.6 Å². The number of halogens is 4. The highest BCUT2D eigenvalue weighted by atomic mass is 32.2. The van der Waals surface area contributed by atoms with E-state index in [4.69, 9.17) is 0 Å². The average Bonchev–Trinajstić information content (AvgIpc) is 2.82. The van der Waals surface area contributed by atoms with E-state index in [0.717, 1.165) is 6.07 Å². The van der Waals surface area contributed by atoms with Crippen LogP contribution in [0.5, 0.6) is 0 Å². The quantitative estimate of drug-likeness (QED) is 0.320. The first-order valence-electron chi connectivity index (χ1n) is 11.2. The number of aromatic amines is 1. The first-order valence-corrected chi connectivity index (χ1v) is 12.8. The van der Waals surface area contributed by atoms with Gasteiger partial charge in [0.25, 0.3) is 5.56 Å². The van der Waals surface area contributed by atoms with Crippen LogP contribution in [-0.4, -0.2) is 24.9 Å². The largest absolute Gasteiger partial charge is 0.322 e. The van der Waals surface area contributed by atoms with Crippen molar-refractivity contribution in [1.82, 2.24) is 4.98 Å². The molecular formula is C27H21F4NO4S. The lowest BCUT2D eigenvalue weighted by atomic mass is 9.82. The number of H-pyrrole nitrogens is 1. The first kappa shape index (κ1) is 26.3. The van der Waals surface area contributed by atoms with Gasteiger partial charge >= 0.3 is 0 Å². The van der Waals surface area contributed by atoms with Crippen LogP contribution in [0, 0.1) is 23.4 Å². The summed E-state index contributed by atoms with van der Waals surface area (Å²) in [7, 11) is -4.64. The maximum Gasteiger partial charge on any atom is 0.255 e. The van der Waals surface area contributed by atoms with Gasteiger partial charge in [0.2, 0.25) is 5.67 Å². The van der Waals surface area contributed by atoms with Crippen LogP contribution >= 0.6 is 0 Å². The minimum Gasteiger partial charge on any atom is -0.322 e. The van der Waals surface area contributed by atoms with Crippen LogP contribution in [0.25, 0.3) is 22.0 Å². The number of aromatic nitrogens is 1. The van der Waals surface area contributed by atoms with Crippen molar-refractivity contribution >= 4 is 26.4 Å². The van der Waals surface area contributed by atoms with E-state index in [1.165, 1.54) is 32.0 Å². The van der Waals surface area contributed by atoms with E-state index in [9.17, 15) is 31.2 Å². The summed E-state index contributed by atoms with van der Waals surface area (Å²) in [5.74, 6) is -6.87.